The minimum atomic E-state index is -0.512. The Hall–Kier alpha value is -1.41. The van der Waals surface area contributed by atoms with Gasteiger partial charge in [0.1, 0.15) is 0 Å². The highest BCUT2D eigenvalue weighted by Crippen LogP contribution is 2.18. The smallest absolute Gasteiger partial charge is 0.192 e. The van der Waals surface area contributed by atoms with Crippen molar-refractivity contribution >= 4 is 5.78 Å². The SMILES string of the molecule is O=C(C1=CCCC=C1)C1=CC(O)CC=C1. The summed E-state index contributed by atoms with van der Waals surface area (Å²) < 4.78 is 0. The molecule has 78 valence electrons. The van der Waals surface area contributed by atoms with Gasteiger partial charge < -0.3 is 5.11 Å². The Labute approximate surface area is 89.3 Å². The van der Waals surface area contributed by atoms with Crippen molar-refractivity contribution in [2.24, 2.45) is 0 Å². The van der Waals surface area contributed by atoms with E-state index in [1.54, 1.807) is 12.2 Å². The fourth-order valence-corrected chi connectivity index (χ4v) is 1.77. The number of aliphatic hydroxyl groups excluding tert-OH is 1. The van der Waals surface area contributed by atoms with Crippen LogP contribution >= 0.6 is 0 Å². The second-order valence-corrected chi connectivity index (χ2v) is 3.80. The number of Topliss-reactive ketones (excluding diaryl/α,β-unsaturated/α-hetero) is 1. The van der Waals surface area contributed by atoms with Gasteiger partial charge in [-0.15, -0.1) is 0 Å². The Bertz CT molecular complexity index is 383. The molecule has 1 atom stereocenters. The molecule has 2 aliphatic rings. The van der Waals surface area contributed by atoms with Crippen LogP contribution in [0.2, 0.25) is 0 Å². The zero-order valence-electron chi connectivity index (χ0n) is 8.52. The lowest BCUT2D eigenvalue weighted by Crippen LogP contribution is -2.12. The molecule has 0 aliphatic heterocycles. The van der Waals surface area contributed by atoms with Crippen LogP contribution in [0.3, 0.4) is 0 Å². The molecule has 1 unspecified atom stereocenters. The number of carbonyl (C=O) groups is 1. The van der Waals surface area contributed by atoms with E-state index in [2.05, 4.69) is 0 Å². The Balaban J connectivity index is 2.17. The fraction of sp³-hybridized carbons (Fsp3) is 0.308. The molecule has 0 aromatic rings. The molecule has 2 rings (SSSR count). The van der Waals surface area contributed by atoms with E-state index in [4.69, 9.17) is 0 Å². The normalized spacial score (nSPS) is 24.7. The number of rotatable bonds is 2. The average molecular weight is 202 g/mol. The van der Waals surface area contributed by atoms with E-state index in [1.165, 1.54) is 0 Å². The summed E-state index contributed by atoms with van der Waals surface area (Å²) in [7, 11) is 0. The van der Waals surface area contributed by atoms with Crippen LogP contribution in [0, 0.1) is 0 Å². The summed E-state index contributed by atoms with van der Waals surface area (Å²) in [5.41, 5.74) is 1.35. The van der Waals surface area contributed by atoms with Crippen LogP contribution in [0.1, 0.15) is 19.3 Å². The van der Waals surface area contributed by atoms with Gasteiger partial charge in [-0.3, -0.25) is 4.79 Å². The number of hydrogen-bond donors (Lipinski definition) is 1. The van der Waals surface area contributed by atoms with Crippen LogP contribution in [0.4, 0.5) is 0 Å². The van der Waals surface area contributed by atoms with E-state index in [0.717, 1.165) is 18.4 Å². The first-order valence-corrected chi connectivity index (χ1v) is 5.25. The zero-order chi connectivity index (χ0) is 10.7. The van der Waals surface area contributed by atoms with Crippen molar-refractivity contribution in [1.82, 2.24) is 0 Å². The van der Waals surface area contributed by atoms with Gasteiger partial charge >= 0.3 is 0 Å². The lowest BCUT2D eigenvalue weighted by molar-refractivity contribution is -0.111. The molecule has 0 amide bonds. The van der Waals surface area contributed by atoms with Crippen molar-refractivity contribution in [3.8, 4) is 0 Å². The van der Waals surface area contributed by atoms with Crippen LogP contribution in [-0.2, 0) is 4.79 Å². The van der Waals surface area contributed by atoms with E-state index in [-0.39, 0.29) is 5.78 Å². The Morgan fingerprint density at radius 1 is 1.20 bits per heavy atom. The van der Waals surface area contributed by atoms with Crippen molar-refractivity contribution in [3.63, 3.8) is 0 Å². The van der Waals surface area contributed by atoms with Crippen LogP contribution in [-0.4, -0.2) is 17.0 Å². The van der Waals surface area contributed by atoms with E-state index in [1.807, 2.05) is 24.3 Å². The second-order valence-electron chi connectivity index (χ2n) is 3.80. The number of aliphatic hydroxyl groups is 1. The van der Waals surface area contributed by atoms with Gasteiger partial charge in [-0.25, -0.2) is 0 Å². The van der Waals surface area contributed by atoms with Crippen molar-refractivity contribution in [3.05, 3.63) is 47.6 Å². The molecule has 0 aromatic carbocycles. The molecule has 0 aromatic heterocycles. The van der Waals surface area contributed by atoms with Crippen LogP contribution in [0.5, 0.6) is 0 Å². The van der Waals surface area contributed by atoms with Gasteiger partial charge in [0.05, 0.1) is 6.10 Å². The van der Waals surface area contributed by atoms with Gasteiger partial charge in [0, 0.05) is 11.1 Å². The predicted molar refractivity (Wildman–Crippen MR) is 59.3 cm³/mol. The van der Waals surface area contributed by atoms with Gasteiger partial charge in [0.15, 0.2) is 5.78 Å². The van der Waals surface area contributed by atoms with Gasteiger partial charge in [-0.05, 0) is 25.3 Å². The molecule has 15 heavy (non-hydrogen) atoms. The van der Waals surface area contributed by atoms with Crippen molar-refractivity contribution < 1.29 is 9.90 Å². The fourth-order valence-electron chi connectivity index (χ4n) is 1.77. The van der Waals surface area contributed by atoms with Crippen LogP contribution < -0.4 is 0 Å². The summed E-state index contributed by atoms with van der Waals surface area (Å²) in [5.74, 6) is 0.0148. The minimum absolute atomic E-state index is 0.0148. The maximum Gasteiger partial charge on any atom is 0.192 e. The Kier molecular flexibility index (Phi) is 2.97. The molecule has 0 fully saturated rings. The van der Waals surface area contributed by atoms with Crippen LogP contribution in [0.15, 0.2) is 47.6 Å². The highest BCUT2D eigenvalue weighted by Gasteiger charge is 2.15. The number of hydrogen-bond acceptors (Lipinski definition) is 2. The van der Waals surface area contributed by atoms with E-state index >= 15 is 0 Å². The predicted octanol–water partition coefficient (Wildman–Crippen LogP) is 2.08. The topological polar surface area (TPSA) is 37.3 Å². The molecule has 2 aliphatic carbocycles. The molecule has 0 heterocycles. The monoisotopic (exact) mass is 202 g/mol. The molecule has 2 heteroatoms. The van der Waals surface area contributed by atoms with Gasteiger partial charge in [0.2, 0.25) is 0 Å². The summed E-state index contributed by atoms with van der Waals surface area (Å²) >= 11 is 0. The highest BCUT2D eigenvalue weighted by molar-refractivity contribution is 6.12. The summed E-state index contributed by atoms with van der Waals surface area (Å²) in [6.07, 6.45) is 13.1. The van der Waals surface area contributed by atoms with E-state index in [0.29, 0.717) is 12.0 Å². The zero-order valence-corrected chi connectivity index (χ0v) is 8.52. The van der Waals surface area contributed by atoms with Crippen molar-refractivity contribution in [2.45, 2.75) is 25.4 Å². The molecular formula is C13H14O2. The third-order valence-electron chi connectivity index (χ3n) is 2.57. The summed E-state index contributed by atoms with van der Waals surface area (Å²) in [4.78, 5) is 11.9. The molecular weight excluding hydrogens is 188 g/mol. The lowest BCUT2D eigenvalue weighted by atomic mass is 9.94. The average Bonchev–Trinajstić information content (AvgIpc) is 2.29. The first-order chi connectivity index (χ1) is 7.27. The maximum atomic E-state index is 11.9. The molecule has 1 N–H and O–H groups in total. The quantitative estimate of drug-likeness (QED) is 0.744. The minimum Gasteiger partial charge on any atom is -0.389 e. The Morgan fingerprint density at radius 3 is 2.67 bits per heavy atom. The van der Waals surface area contributed by atoms with Crippen molar-refractivity contribution in [2.75, 3.05) is 0 Å². The number of allylic oxidation sites excluding steroid dienone is 6. The molecule has 0 spiro atoms. The summed E-state index contributed by atoms with van der Waals surface area (Å²) in [6.45, 7) is 0. The van der Waals surface area contributed by atoms with Crippen LogP contribution in [0.25, 0.3) is 0 Å². The second kappa shape index (κ2) is 4.41. The van der Waals surface area contributed by atoms with E-state index < -0.39 is 6.10 Å². The maximum absolute atomic E-state index is 11.9. The lowest BCUT2D eigenvalue weighted by Gasteiger charge is -2.12. The largest absolute Gasteiger partial charge is 0.389 e. The number of ketones is 1. The van der Waals surface area contributed by atoms with Gasteiger partial charge in [-0.2, -0.15) is 0 Å². The highest BCUT2D eigenvalue weighted by atomic mass is 16.3. The standard InChI is InChI=1S/C13H14O2/c14-12-8-4-7-11(9-12)13(15)10-5-2-1-3-6-10/h2,4-7,9,12,14H,1,3,8H2. The summed E-state index contributed by atoms with van der Waals surface area (Å²) in [6, 6.07) is 0. The first-order valence-electron chi connectivity index (χ1n) is 5.25. The summed E-state index contributed by atoms with van der Waals surface area (Å²) in [5, 5.41) is 9.41. The van der Waals surface area contributed by atoms with Gasteiger partial charge in [-0.1, -0.05) is 30.4 Å². The molecule has 0 bridgehead atoms. The molecule has 0 radical (unpaired) electrons. The van der Waals surface area contributed by atoms with Crippen molar-refractivity contribution in [1.29, 1.82) is 0 Å². The van der Waals surface area contributed by atoms with E-state index in [9.17, 15) is 9.90 Å². The third kappa shape index (κ3) is 2.34. The molecule has 0 saturated heterocycles. The molecule has 0 saturated carbocycles. The van der Waals surface area contributed by atoms with Gasteiger partial charge in [0.25, 0.3) is 0 Å². The third-order valence-corrected chi connectivity index (χ3v) is 2.57. The number of carbonyl (C=O) groups excluding carboxylic acids is 1. The first kappa shape index (κ1) is 10.1. The Morgan fingerprint density at radius 2 is 2.00 bits per heavy atom. The molecule has 2 nitrogen and oxygen atoms in total.